The van der Waals surface area contributed by atoms with E-state index in [1.807, 2.05) is 0 Å². The molecule has 0 aromatic rings. The van der Waals surface area contributed by atoms with Gasteiger partial charge in [-0.15, -0.1) is 0 Å². The standard InChI is InChI=1S/C10H25N2.C3H8O3S/c1-5-7-8-9-11-12(3,4)10-6-2;1-2-3-7(4,5)6/h11H,5-10H2,1-4H3;2-3H2,1H3,(H,4,5,6)/q+1;. The molecule has 0 aromatic heterocycles. The molecule has 0 saturated carbocycles. The van der Waals surface area contributed by atoms with Gasteiger partial charge >= 0.3 is 0 Å². The highest BCUT2D eigenvalue weighted by Gasteiger charge is 2.11. The summed E-state index contributed by atoms with van der Waals surface area (Å²) in [4.78, 5) is 0. The molecule has 0 heterocycles. The highest BCUT2D eigenvalue weighted by molar-refractivity contribution is 7.85. The first-order chi connectivity index (χ1) is 8.68. The average molecular weight is 297 g/mol. The van der Waals surface area contributed by atoms with E-state index >= 15 is 0 Å². The van der Waals surface area contributed by atoms with Gasteiger partial charge in [-0.3, -0.25) is 9.14 Å². The molecule has 0 unspecified atom stereocenters. The van der Waals surface area contributed by atoms with E-state index in [1.54, 1.807) is 6.92 Å². The van der Waals surface area contributed by atoms with E-state index in [4.69, 9.17) is 4.55 Å². The Morgan fingerprint density at radius 2 is 1.58 bits per heavy atom. The van der Waals surface area contributed by atoms with Gasteiger partial charge in [0.1, 0.15) is 0 Å². The van der Waals surface area contributed by atoms with E-state index in [-0.39, 0.29) is 5.75 Å². The monoisotopic (exact) mass is 297 g/mol. The van der Waals surface area contributed by atoms with Gasteiger partial charge in [0.25, 0.3) is 10.1 Å². The number of unbranched alkanes of at least 4 members (excludes halogenated alkanes) is 2. The van der Waals surface area contributed by atoms with Gasteiger partial charge in [0, 0.05) is 6.54 Å². The summed E-state index contributed by atoms with van der Waals surface area (Å²) in [6, 6.07) is 0. The summed E-state index contributed by atoms with van der Waals surface area (Å²) in [6.07, 6.45) is 5.68. The Morgan fingerprint density at radius 1 is 1.00 bits per heavy atom. The molecule has 118 valence electrons. The molecule has 0 aromatic carbocycles. The lowest BCUT2D eigenvalue weighted by atomic mass is 10.2. The molecule has 6 heteroatoms. The van der Waals surface area contributed by atoms with Crippen LogP contribution in [-0.2, 0) is 10.1 Å². The molecular weight excluding hydrogens is 264 g/mol. The van der Waals surface area contributed by atoms with Crippen molar-refractivity contribution >= 4 is 10.1 Å². The minimum Gasteiger partial charge on any atom is -0.286 e. The SMILES string of the molecule is CCCCCN[N+](C)(C)CCC.CCCS(=O)(=O)O. The van der Waals surface area contributed by atoms with Crippen molar-refractivity contribution in [1.82, 2.24) is 5.43 Å². The Morgan fingerprint density at radius 3 is 1.89 bits per heavy atom. The second-order valence-electron chi connectivity index (χ2n) is 5.31. The molecule has 0 aliphatic rings. The molecule has 0 aliphatic carbocycles. The Bertz CT molecular complexity index is 290. The van der Waals surface area contributed by atoms with Crippen molar-refractivity contribution in [1.29, 1.82) is 0 Å². The predicted molar refractivity (Wildman–Crippen MR) is 81.5 cm³/mol. The predicted octanol–water partition coefficient (Wildman–Crippen LogP) is 2.45. The zero-order valence-electron chi connectivity index (χ0n) is 13.3. The van der Waals surface area contributed by atoms with Crippen molar-refractivity contribution in [3.05, 3.63) is 0 Å². The Balaban J connectivity index is 0. The van der Waals surface area contributed by atoms with Crippen LogP contribution >= 0.6 is 0 Å². The zero-order chi connectivity index (χ0) is 15.4. The number of hydrogen-bond donors (Lipinski definition) is 2. The van der Waals surface area contributed by atoms with Gasteiger partial charge in [0.2, 0.25) is 0 Å². The van der Waals surface area contributed by atoms with Crippen molar-refractivity contribution in [3.8, 4) is 0 Å². The number of nitrogens with one attached hydrogen (secondary N) is 1. The van der Waals surface area contributed by atoms with Gasteiger partial charge in [-0.05, 0) is 19.3 Å². The first-order valence-corrected chi connectivity index (χ1v) is 8.82. The summed E-state index contributed by atoms with van der Waals surface area (Å²) in [5.41, 5.74) is 3.53. The van der Waals surface area contributed by atoms with Crippen LogP contribution in [0.25, 0.3) is 0 Å². The third-order valence-electron chi connectivity index (χ3n) is 2.56. The number of quaternary nitrogens is 1. The highest BCUT2D eigenvalue weighted by Crippen LogP contribution is 1.96. The lowest BCUT2D eigenvalue weighted by Crippen LogP contribution is -2.52. The molecule has 0 fully saturated rings. The molecule has 0 rings (SSSR count). The summed E-state index contributed by atoms with van der Waals surface area (Å²) in [5.74, 6) is -0.132. The molecule has 0 saturated heterocycles. The fraction of sp³-hybridized carbons (Fsp3) is 1.00. The topological polar surface area (TPSA) is 66.4 Å². The number of hydrogen-bond acceptors (Lipinski definition) is 3. The third-order valence-corrected chi connectivity index (χ3v) is 3.49. The largest absolute Gasteiger partial charge is 0.286 e. The molecule has 0 spiro atoms. The van der Waals surface area contributed by atoms with E-state index in [1.165, 1.54) is 32.2 Å². The second-order valence-corrected chi connectivity index (χ2v) is 6.88. The van der Waals surface area contributed by atoms with Crippen LogP contribution in [0.3, 0.4) is 0 Å². The van der Waals surface area contributed by atoms with Crippen LogP contribution in [0.2, 0.25) is 0 Å². The zero-order valence-corrected chi connectivity index (χ0v) is 14.1. The molecular formula is C13H33N2O3S+. The molecule has 0 amide bonds. The maximum Gasteiger partial charge on any atom is 0.264 e. The van der Waals surface area contributed by atoms with Crippen molar-refractivity contribution < 1.29 is 17.6 Å². The van der Waals surface area contributed by atoms with Gasteiger partial charge in [-0.1, -0.05) is 33.6 Å². The Labute approximate surface area is 119 Å². The fourth-order valence-corrected chi connectivity index (χ4v) is 2.17. The normalized spacial score (nSPS) is 11.9. The van der Waals surface area contributed by atoms with E-state index in [9.17, 15) is 8.42 Å². The van der Waals surface area contributed by atoms with E-state index in [0.717, 1.165) is 11.1 Å². The van der Waals surface area contributed by atoms with Crippen LogP contribution in [0.4, 0.5) is 0 Å². The van der Waals surface area contributed by atoms with E-state index in [2.05, 4.69) is 33.4 Å². The highest BCUT2D eigenvalue weighted by atomic mass is 32.2. The molecule has 0 aliphatic heterocycles. The maximum absolute atomic E-state index is 9.79. The van der Waals surface area contributed by atoms with Crippen LogP contribution in [0.5, 0.6) is 0 Å². The van der Waals surface area contributed by atoms with Gasteiger partial charge < -0.3 is 0 Å². The summed E-state index contributed by atoms with van der Waals surface area (Å²) < 4.78 is 28.5. The molecule has 0 bridgehead atoms. The summed E-state index contributed by atoms with van der Waals surface area (Å²) in [6.45, 7) is 8.53. The molecule has 0 atom stereocenters. The molecule has 2 N–H and O–H groups in total. The van der Waals surface area contributed by atoms with Crippen LogP contribution in [0, 0.1) is 0 Å². The Kier molecular flexibility index (Phi) is 12.9. The van der Waals surface area contributed by atoms with Crippen molar-refractivity contribution in [2.45, 2.75) is 52.9 Å². The van der Waals surface area contributed by atoms with Crippen LogP contribution in [0.15, 0.2) is 0 Å². The van der Waals surface area contributed by atoms with Crippen molar-refractivity contribution in [3.63, 3.8) is 0 Å². The van der Waals surface area contributed by atoms with Crippen LogP contribution in [0.1, 0.15) is 52.9 Å². The van der Waals surface area contributed by atoms with Gasteiger partial charge in [0.15, 0.2) is 0 Å². The summed E-state index contributed by atoms with van der Waals surface area (Å²) in [5, 5.41) is 0. The summed E-state index contributed by atoms with van der Waals surface area (Å²) in [7, 11) is 0.789. The van der Waals surface area contributed by atoms with Gasteiger partial charge in [-0.25, -0.2) is 0 Å². The average Bonchev–Trinajstić information content (AvgIpc) is 2.23. The van der Waals surface area contributed by atoms with Crippen LogP contribution < -0.4 is 5.43 Å². The van der Waals surface area contributed by atoms with E-state index in [0.29, 0.717) is 6.42 Å². The minimum absolute atomic E-state index is 0.132. The Hall–Kier alpha value is -0.170. The minimum atomic E-state index is -3.67. The number of nitrogens with zero attached hydrogens (tertiary/aromatic N) is 1. The van der Waals surface area contributed by atoms with E-state index < -0.39 is 10.1 Å². The first-order valence-electron chi connectivity index (χ1n) is 7.21. The van der Waals surface area contributed by atoms with Gasteiger partial charge in [0.05, 0.1) is 26.4 Å². The fourth-order valence-electron chi connectivity index (χ4n) is 1.65. The summed E-state index contributed by atoms with van der Waals surface area (Å²) >= 11 is 0. The van der Waals surface area contributed by atoms with Crippen LogP contribution in [-0.4, -0.2) is 50.5 Å². The number of rotatable bonds is 9. The lowest BCUT2D eigenvalue weighted by Gasteiger charge is -2.29. The molecule has 0 radical (unpaired) electrons. The molecule has 5 nitrogen and oxygen atoms in total. The molecule has 19 heavy (non-hydrogen) atoms. The van der Waals surface area contributed by atoms with Crippen molar-refractivity contribution in [2.24, 2.45) is 0 Å². The third kappa shape index (κ3) is 20.3. The van der Waals surface area contributed by atoms with Crippen molar-refractivity contribution in [2.75, 3.05) is 32.9 Å². The smallest absolute Gasteiger partial charge is 0.264 e. The first kappa shape index (κ1) is 21.1. The maximum atomic E-state index is 9.79. The second kappa shape index (κ2) is 11.6. The quantitative estimate of drug-likeness (QED) is 0.297. The lowest BCUT2D eigenvalue weighted by molar-refractivity contribution is -0.934. The van der Waals surface area contributed by atoms with Gasteiger partial charge in [-0.2, -0.15) is 13.8 Å².